The van der Waals surface area contributed by atoms with Gasteiger partial charge in [-0.2, -0.15) is 0 Å². The van der Waals surface area contributed by atoms with Gasteiger partial charge in [-0.1, -0.05) is 61.5 Å². The SMILES string of the molecule is CC(=O)[C@@](C)(N[C@H](C)c1ccc(Oc2c(C)cccc2C)c(-c2cn(C)c(=O)cc2OC2CCC(NC(=O)C3(C)CC3)CC2)c1)c1ccccc1. The Kier molecular flexibility index (Phi) is 10.3. The van der Waals surface area contributed by atoms with E-state index in [1.165, 1.54) is 0 Å². The summed E-state index contributed by atoms with van der Waals surface area (Å²) >= 11 is 0. The van der Waals surface area contributed by atoms with Gasteiger partial charge in [0.15, 0.2) is 5.78 Å². The number of amides is 1. The van der Waals surface area contributed by atoms with E-state index in [-0.39, 0.29) is 40.9 Å². The Morgan fingerprint density at radius 3 is 2.20 bits per heavy atom. The summed E-state index contributed by atoms with van der Waals surface area (Å²) in [6.45, 7) is 11.7. The van der Waals surface area contributed by atoms with Gasteiger partial charge >= 0.3 is 0 Å². The number of ether oxygens (including phenoxy) is 2. The van der Waals surface area contributed by atoms with Crippen molar-refractivity contribution >= 4 is 11.7 Å². The summed E-state index contributed by atoms with van der Waals surface area (Å²) in [7, 11) is 1.74. The number of carbonyl (C=O) groups is 2. The molecule has 2 saturated carbocycles. The van der Waals surface area contributed by atoms with E-state index in [0.29, 0.717) is 11.5 Å². The summed E-state index contributed by atoms with van der Waals surface area (Å²) in [5.41, 5.74) is 4.10. The molecule has 2 aliphatic rings. The number of aryl methyl sites for hydroxylation is 3. The zero-order valence-corrected chi connectivity index (χ0v) is 31.0. The topological polar surface area (TPSA) is 98.7 Å². The van der Waals surface area contributed by atoms with Gasteiger partial charge in [-0.3, -0.25) is 19.7 Å². The molecule has 1 heterocycles. The molecule has 0 saturated heterocycles. The van der Waals surface area contributed by atoms with Crippen molar-refractivity contribution in [2.45, 2.75) is 104 Å². The Morgan fingerprint density at radius 2 is 1.57 bits per heavy atom. The molecule has 6 rings (SSSR count). The number of para-hydroxylation sites is 1. The third kappa shape index (κ3) is 7.81. The first-order valence-electron chi connectivity index (χ1n) is 18.2. The minimum atomic E-state index is -0.909. The number of nitrogens with one attached hydrogen (secondary N) is 2. The lowest BCUT2D eigenvalue weighted by molar-refractivity contribution is -0.127. The molecule has 2 N–H and O–H groups in total. The largest absolute Gasteiger partial charge is 0.490 e. The van der Waals surface area contributed by atoms with Crippen LogP contribution in [0, 0.1) is 19.3 Å². The fourth-order valence-corrected chi connectivity index (χ4v) is 7.05. The van der Waals surface area contributed by atoms with Gasteiger partial charge in [-0.05, 0) is 108 Å². The van der Waals surface area contributed by atoms with Gasteiger partial charge in [-0.15, -0.1) is 0 Å². The number of aromatic nitrogens is 1. The second-order valence-corrected chi connectivity index (χ2v) is 15.1. The predicted molar refractivity (Wildman–Crippen MR) is 201 cm³/mol. The van der Waals surface area contributed by atoms with E-state index >= 15 is 0 Å². The number of rotatable bonds is 12. The molecule has 8 heteroatoms. The zero-order chi connectivity index (χ0) is 36.5. The van der Waals surface area contributed by atoms with Crippen molar-refractivity contribution in [1.29, 1.82) is 0 Å². The lowest BCUT2D eigenvalue weighted by Gasteiger charge is -2.33. The van der Waals surface area contributed by atoms with Crippen molar-refractivity contribution in [3.63, 3.8) is 0 Å². The Bertz CT molecular complexity index is 1950. The van der Waals surface area contributed by atoms with E-state index in [9.17, 15) is 14.4 Å². The van der Waals surface area contributed by atoms with Crippen molar-refractivity contribution in [2.24, 2.45) is 12.5 Å². The Labute approximate surface area is 301 Å². The van der Waals surface area contributed by atoms with Crippen molar-refractivity contribution in [1.82, 2.24) is 15.2 Å². The van der Waals surface area contributed by atoms with Crippen molar-refractivity contribution in [3.8, 4) is 28.4 Å². The average Bonchev–Trinajstić information content (AvgIpc) is 3.87. The first kappa shape index (κ1) is 36.1. The van der Waals surface area contributed by atoms with Gasteiger partial charge in [-0.25, -0.2) is 0 Å². The molecule has 1 aromatic heterocycles. The van der Waals surface area contributed by atoms with E-state index in [4.69, 9.17) is 9.47 Å². The van der Waals surface area contributed by atoms with Crippen molar-refractivity contribution in [2.75, 3.05) is 0 Å². The predicted octanol–water partition coefficient (Wildman–Crippen LogP) is 8.22. The molecule has 0 spiro atoms. The number of nitrogens with zero attached hydrogens (tertiary/aromatic N) is 1. The third-order valence-corrected chi connectivity index (χ3v) is 11.0. The molecule has 8 nitrogen and oxygen atoms in total. The highest BCUT2D eigenvalue weighted by molar-refractivity contribution is 5.87. The highest BCUT2D eigenvalue weighted by Crippen LogP contribution is 2.46. The molecule has 0 unspecified atom stereocenters. The lowest BCUT2D eigenvalue weighted by atomic mass is 9.86. The Balaban J connectivity index is 1.35. The lowest BCUT2D eigenvalue weighted by Crippen LogP contribution is -2.46. The van der Waals surface area contributed by atoms with Crippen LogP contribution in [0.5, 0.6) is 17.2 Å². The molecular weight excluding hydrogens is 638 g/mol. The molecule has 2 atom stereocenters. The van der Waals surface area contributed by atoms with Crippen LogP contribution in [0.15, 0.2) is 83.8 Å². The van der Waals surface area contributed by atoms with Gasteiger partial charge in [0.25, 0.3) is 5.56 Å². The van der Waals surface area contributed by atoms with Gasteiger partial charge in [0, 0.05) is 47.9 Å². The number of ketones is 1. The number of carbonyl (C=O) groups excluding carboxylic acids is 2. The van der Waals surface area contributed by atoms with Crippen LogP contribution >= 0.6 is 0 Å². The molecule has 51 heavy (non-hydrogen) atoms. The summed E-state index contributed by atoms with van der Waals surface area (Å²) in [4.78, 5) is 38.9. The van der Waals surface area contributed by atoms with Crippen LogP contribution < -0.4 is 25.7 Å². The first-order valence-corrected chi connectivity index (χ1v) is 18.2. The molecular formula is C43H51N3O5. The molecule has 3 aromatic carbocycles. The first-order chi connectivity index (χ1) is 24.3. The maximum Gasteiger partial charge on any atom is 0.254 e. The Morgan fingerprint density at radius 1 is 0.902 bits per heavy atom. The molecule has 268 valence electrons. The zero-order valence-electron chi connectivity index (χ0n) is 31.0. The summed E-state index contributed by atoms with van der Waals surface area (Å²) < 4.78 is 15.0. The van der Waals surface area contributed by atoms with Crippen LogP contribution in [-0.2, 0) is 22.2 Å². The quantitative estimate of drug-likeness (QED) is 0.156. The second kappa shape index (κ2) is 14.5. The minimum Gasteiger partial charge on any atom is -0.490 e. The van der Waals surface area contributed by atoms with E-state index in [0.717, 1.165) is 77.7 Å². The summed E-state index contributed by atoms with van der Waals surface area (Å²) in [6.07, 6.45) is 6.81. The maximum atomic E-state index is 13.1. The molecule has 4 aromatic rings. The monoisotopic (exact) mass is 689 g/mol. The van der Waals surface area contributed by atoms with E-state index in [1.54, 1.807) is 24.6 Å². The van der Waals surface area contributed by atoms with Crippen LogP contribution in [0.2, 0.25) is 0 Å². The molecule has 0 aliphatic heterocycles. The maximum absolute atomic E-state index is 13.1. The summed E-state index contributed by atoms with van der Waals surface area (Å²) in [5, 5.41) is 6.87. The molecule has 0 radical (unpaired) electrons. The average molecular weight is 690 g/mol. The number of Topliss-reactive ketones (excluding diaryl/α,β-unsaturated/α-hetero) is 1. The fraction of sp³-hybridized carbons (Fsp3) is 0.419. The molecule has 1 amide bonds. The summed E-state index contributed by atoms with van der Waals surface area (Å²) in [6, 6.07) is 23.4. The minimum absolute atomic E-state index is 0.0144. The van der Waals surface area contributed by atoms with Crippen LogP contribution in [-0.4, -0.2) is 28.4 Å². The van der Waals surface area contributed by atoms with E-state index in [2.05, 4.69) is 16.7 Å². The van der Waals surface area contributed by atoms with Crippen LogP contribution in [0.1, 0.15) is 94.5 Å². The van der Waals surface area contributed by atoms with Gasteiger partial charge in [0.1, 0.15) is 22.8 Å². The Hall–Kier alpha value is -4.69. The third-order valence-electron chi connectivity index (χ3n) is 11.0. The normalized spacial score (nSPS) is 19.7. The van der Waals surface area contributed by atoms with Crippen LogP contribution in [0.25, 0.3) is 11.1 Å². The van der Waals surface area contributed by atoms with Crippen molar-refractivity contribution in [3.05, 3.63) is 112 Å². The fourth-order valence-electron chi connectivity index (χ4n) is 7.05. The standard InChI is InChI=1S/C43H51N3O5/c1-27-12-11-13-28(2)40(27)51-37-21-16-31(29(3)45-43(6,30(4)47)32-14-9-8-10-15-32)24-35(37)36-26-46(7)39(48)25-38(36)50-34-19-17-33(18-20-34)44-41(49)42(5)22-23-42/h8-16,21,24-26,29,33-34,45H,17-20,22-23H2,1-7H3,(H,44,49)/t29-,33?,34?,43-/m1/s1. The molecule has 0 bridgehead atoms. The summed E-state index contributed by atoms with van der Waals surface area (Å²) in [5.74, 6) is 2.08. The molecule has 2 aliphatic carbocycles. The highest BCUT2D eigenvalue weighted by atomic mass is 16.5. The number of benzene rings is 3. The highest BCUT2D eigenvalue weighted by Gasteiger charge is 2.45. The van der Waals surface area contributed by atoms with Gasteiger partial charge < -0.3 is 19.4 Å². The number of hydrogen-bond acceptors (Lipinski definition) is 6. The number of hydrogen-bond donors (Lipinski definition) is 2. The van der Waals surface area contributed by atoms with Gasteiger partial charge in [0.05, 0.1) is 6.10 Å². The van der Waals surface area contributed by atoms with Crippen LogP contribution in [0.4, 0.5) is 0 Å². The smallest absolute Gasteiger partial charge is 0.254 e. The second-order valence-electron chi connectivity index (χ2n) is 15.1. The van der Waals surface area contributed by atoms with Gasteiger partial charge in [0.2, 0.25) is 5.91 Å². The molecule has 2 fully saturated rings. The van der Waals surface area contributed by atoms with E-state index in [1.807, 2.05) is 101 Å². The van der Waals surface area contributed by atoms with E-state index < -0.39 is 5.54 Å². The van der Waals surface area contributed by atoms with Crippen molar-refractivity contribution < 1.29 is 19.1 Å². The van der Waals surface area contributed by atoms with Crippen LogP contribution in [0.3, 0.4) is 0 Å². The number of pyridine rings is 1.